The van der Waals surface area contributed by atoms with Crippen LogP contribution in [0.1, 0.15) is 25.7 Å². The number of amides is 1. The van der Waals surface area contributed by atoms with Gasteiger partial charge in [-0.1, -0.05) is 0 Å². The largest absolute Gasteiger partial charge is 0.379 e. The standard InChI is InChI=1S/C12H24N2O3.ClH/c1-13-7-5-12(15)14-6-3-8-16-10-11-4-2-9-17-11;/h11,13H,2-10H2,1H3,(H,14,15);1H. The second-order valence-electron chi connectivity index (χ2n) is 4.27. The SMILES string of the molecule is CNCCC(=O)NCCCOCC1CCCO1.Cl. The summed E-state index contributed by atoms with van der Waals surface area (Å²) in [5.74, 6) is 0.0958. The molecule has 1 unspecified atom stereocenters. The van der Waals surface area contributed by atoms with Crippen molar-refractivity contribution in [1.82, 2.24) is 10.6 Å². The van der Waals surface area contributed by atoms with Gasteiger partial charge in [0.05, 0.1) is 12.7 Å². The zero-order valence-corrected chi connectivity index (χ0v) is 11.9. The van der Waals surface area contributed by atoms with E-state index in [4.69, 9.17) is 9.47 Å². The van der Waals surface area contributed by atoms with Gasteiger partial charge in [-0.3, -0.25) is 4.79 Å². The minimum Gasteiger partial charge on any atom is -0.379 e. The Morgan fingerprint density at radius 2 is 2.28 bits per heavy atom. The predicted molar refractivity (Wildman–Crippen MR) is 73.2 cm³/mol. The van der Waals surface area contributed by atoms with Crippen LogP contribution < -0.4 is 10.6 Å². The summed E-state index contributed by atoms with van der Waals surface area (Å²) in [5, 5.41) is 5.80. The lowest BCUT2D eigenvalue weighted by molar-refractivity contribution is -0.121. The number of ether oxygens (including phenoxy) is 2. The molecule has 1 aliphatic heterocycles. The normalized spacial score (nSPS) is 18.4. The third-order valence-electron chi connectivity index (χ3n) is 2.72. The number of carbonyl (C=O) groups is 1. The highest BCUT2D eigenvalue weighted by Crippen LogP contribution is 2.11. The fourth-order valence-corrected chi connectivity index (χ4v) is 1.72. The molecule has 18 heavy (non-hydrogen) atoms. The van der Waals surface area contributed by atoms with Crippen molar-refractivity contribution in [3.63, 3.8) is 0 Å². The molecule has 0 aromatic heterocycles. The van der Waals surface area contributed by atoms with Crippen molar-refractivity contribution in [2.45, 2.75) is 31.8 Å². The zero-order chi connectivity index (χ0) is 12.3. The van der Waals surface area contributed by atoms with Crippen molar-refractivity contribution in [1.29, 1.82) is 0 Å². The topological polar surface area (TPSA) is 59.6 Å². The van der Waals surface area contributed by atoms with E-state index in [1.807, 2.05) is 7.05 Å². The van der Waals surface area contributed by atoms with Crippen LogP contribution in [0.15, 0.2) is 0 Å². The molecule has 5 nitrogen and oxygen atoms in total. The molecule has 0 bridgehead atoms. The van der Waals surface area contributed by atoms with Crippen LogP contribution in [0.3, 0.4) is 0 Å². The van der Waals surface area contributed by atoms with Crippen molar-refractivity contribution >= 4 is 18.3 Å². The third-order valence-corrected chi connectivity index (χ3v) is 2.72. The maximum atomic E-state index is 11.2. The third kappa shape index (κ3) is 8.69. The van der Waals surface area contributed by atoms with Gasteiger partial charge in [0, 0.05) is 32.7 Å². The Morgan fingerprint density at radius 3 is 2.94 bits per heavy atom. The van der Waals surface area contributed by atoms with E-state index >= 15 is 0 Å². The summed E-state index contributed by atoms with van der Waals surface area (Å²) in [6.07, 6.45) is 3.95. The number of carbonyl (C=O) groups excluding carboxylic acids is 1. The zero-order valence-electron chi connectivity index (χ0n) is 11.1. The molecule has 0 radical (unpaired) electrons. The molecular weight excluding hydrogens is 256 g/mol. The van der Waals surface area contributed by atoms with E-state index in [2.05, 4.69) is 10.6 Å². The molecule has 108 valence electrons. The molecule has 6 heteroatoms. The fraction of sp³-hybridized carbons (Fsp3) is 0.917. The highest BCUT2D eigenvalue weighted by atomic mass is 35.5. The minimum atomic E-state index is 0. The minimum absolute atomic E-state index is 0. The Kier molecular flexibility index (Phi) is 11.5. The monoisotopic (exact) mass is 280 g/mol. The summed E-state index contributed by atoms with van der Waals surface area (Å²) in [7, 11) is 1.84. The van der Waals surface area contributed by atoms with Crippen molar-refractivity contribution in [2.75, 3.05) is 40.0 Å². The molecule has 1 atom stereocenters. The van der Waals surface area contributed by atoms with Crippen LogP contribution in [0.4, 0.5) is 0 Å². The highest BCUT2D eigenvalue weighted by molar-refractivity contribution is 5.85. The van der Waals surface area contributed by atoms with Crippen molar-refractivity contribution in [3.05, 3.63) is 0 Å². The van der Waals surface area contributed by atoms with Gasteiger partial charge in [0.25, 0.3) is 0 Å². The van der Waals surface area contributed by atoms with Gasteiger partial charge in [0.15, 0.2) is 0 Å². The van der Waals surface area contributed by atoms with Crippen LogP contribution in [0.5, 0.6) is 0 Å². The first-order valence-corrected chi connectivity index (χ1v) is 6.43. The lowest BCUT2D eigenvalue weighted by Crippen LogP contribution is -2.28. The van der Waals surface area contributed by atoms with Crippen molar-refractivity contribution < 1.29 is 14.3 Å². The number of rotatable bonds is 9. The summed E-state index contributed by atoms with van der Waals surface area (Å²) in [5.41, 5.74) is 0. The van der Waals surface area contributed by atoms with Gasteiger partial charge in [-0.05, 0) is 26.3 Å². The predicted octanol–water partition coefficient (Wildman–Crippen LogP) is 0.720. The summed E-state index contributed by atoms with van der Waals surface area (Å²) < 4.78 is 10.9. The average molecular weight is 281 g/mol. The van der Waals surface area contributed by atoms with E-state index in [0.29, 0.717) is 32.3 Å². The van der Waals surface area contributed by atoms with Gasteiger partial charge in [0.1, 0.15) is 0 Å². The van der Waals surface area contributed by atoms with E-state index in [9.17, 15) is 4.79 Å². The Bertz CT molecular complexity index is 211. The molecule has 0 spiro atoms. The molecule has 0 saturated carbocycles. The summed E-state index contributed by atoms with van der Waals surface area (Å²) >= 11 is 0. The average Bonchev–Trinajstić information content (AvgIpc) is 2.84. The Labute approximate surface area is 115 Å². The van der Waals surface area contributed by atoms with E-state index in [-0.39, 0.29) is 18.3 Å². The van der Waals surface area contributed by atoms with Crippen LogP contribution in [0, 0.1) is 0 Å². The lowest BCUT2D eigenvalue weighted by Gasteiger charge is -2.10. The molecule has 1 amide bonds. The fourth-order valence-electron chi connectivity index (χ4n) is 1.72. The number of hydrogen-bond donors (Lipinski definition) is 2. The van der Waals surface area contributed by atoms with Gasteiger partial charge in [-0.15, -0.1) is 12.4 Å². The smallest absolute Gasteiger partial charge is 0.221 e. The molecule has 0 aliphatic carbocycles. The Morgan fingerprint density at radius 1 is 1.44 bits per heavy atom. The van der Waals surface area contributed by atoms with Crippen LogP contribution in [0.25, 0.3) is 0 Å². The van der Waals surface area contributed by atoms with Gasteiger partial charge in [-0.2, -0.15) is 0 Å². The summed E-state index contributed by atoms with van der Waals surface area (Å²) in [6, 6.07) is 0. The quantitative estimate of drug-likeness (QED) is 0.611. The molecule has 1 heterocycles. The summed E-state index contributed by atoms with van der Waals surface area (Å²) in [6.45, 7) is 3.66. The van der Waals surface area contributed by atoms with Gasteiger partial charge < -0.3 is 20.1 Å². The first-order valence-electron chi connectivity index (χ1n) is 6.43. The highest BCUT2D eigenvalue weighted by Gasteiger charge is 2.14. The molecule has 0 aromatic carbocycles. The van der Waals surface area contributed by atoms with Crippen molar-refractivity contribution in [2.24, 2.45) is 0 Å². The first kappa shape index (κ1) is 17.6. The Hall–Kier alpha value is -0.360. The number of hydrogen-bond acceptors (Lipinski definition) is 4. The van der Waals surface area contributed by atoms with Gasteiger partial charge >= 0.3 is 0 Å². The van der Waals surface area contributed by atoms with E-state index in [0.717, 1.165) is 32.4 Å². The maximum Gasteiger partial charge on any atom is 0.221 e. The first-order chi connectivity index (χ1) is 8.33. The van der Waals surface area contributed by atoms with Crippen molar-refractivity contribution in [3.8, 4) is 0 Å². The van der Waals surface area contributed by atoms with Gasteiger partial charge in [-0.25, -0.2) is 0 Å². The van der Waals surface area contributed by atoms with Gasteiger partial charge in [0.2, 0.25) is 5.91 Å². The number of nitrogens with one attached hydrogen (secondary N) is 2. The molecule has 1 rings (SSSR count). The van der Waals surface area contributed by atoms with Crippen LogP contribution in [0.2, 0.25) is 0 Å². The van der Waals surface area contributed by atoms with Crippen LogP contribution in [-0.4, -0.2) is 52.0 Å². The molecule has 1 saturated heterocycles. The molecule has 1 fully saturated rings. The molecule has 2 N–H and O–H groups in total. The van der Waals surface area contributed by atoms with Crippen LogP contribution in [-0.2, 0) is 14.3 Å². The lowest BCUT2D eigenvalue weighted by atomic mass is 10.2. The maximum absolute atomic E-state index is 11.2. The second kappa shape index (κ2) is 11.7. The van der Waals surface area contributed by atoms with Crippen LogP contribution >= 0.6 is 12.4 Å². The number of halogens is 1. The van der Waals surface area contributed by atoms with E-state index < -0.39 is 0 Å². The second-order valence-corrected chi connectivity index (χ2v) is 4.27. The van der Waals surface area contributed by atoms with E-state index in [1.165, 1.54) is 0 Å². The van der Waals surface area contributed by atoms with E-state index in [1.54, 1.807) is 0 Å². The molecule has 0 aromatic rings. The Balaban J connectivity index is 0.00000289. The molecular formula is C12H25ClN2O3. The molecule has 1 aliphatic rings. The summed E-state index contributed by atoms with van der Waals surface area (Å²) in [4.78, 5) is 11.2.